The van der Waals surface area contributed by atoms with Crippen LogP contribution in [0.4, 0.5) is 0 Å². The number of carbonyl (C=O) groups excluding carboxylic acids is 1. The Kier molecular flexibility index (Phi) is 5.98. The first-order chi connectivity index (χ1) is 11.5. The Labute approximate surface area is 147 Å². The number of rotatable bonds is 4. The van der Waals surface area contributed by atoms with Crippen molar-refractivity contribution in [1.82, 2.24) is 15.3 Å². The van der Waals surface area contributed by atoms with Gasteiger partial charge in [-0.15, -0.1) is 0 Å². The van der Waals surface area contributed by atoms with Crippen molar-refractivity contribution in [3.05, 3.63) is 11.3 Å². The molecule has 2 saturated heterocycles. The second-order valence-electron chi connectivity index (χ2n) is 8.75. The highest BCUT2D eigenvalue weighted by atomic mass is 16.1. The standard InChI is InChI=1S/C20H35N3O/c1-20(2)14-18(21-23-12-8-3-4-9-13-23)17(19(24)15-20)16-22-10-6-5-7-11-22/h21H,3-16H2,1-2H3. The van der Waals surface area contributed by atoms with Crippen LogP contribution in [0.1, 0.15) is 71.6 Å². The SMILES string of the molecule is CC1(C)CC(=O)C(CN2CCCCC2)=C(NN2CCCCCC2)C1. The molecule has 3 rings (SSSR count). The van der Waals surface area contributed by atoms with Gasteiger partial charge >= 0.3 is 0 Å². The maximum atomic E-state index is 12.9. The van der Waals surface area contributed by atoms with Crippen molar-refractivity contribution in [1.29, 1.82) is 0 Å². The summed E-state index contributed by atoms with van der Waals surface area (Å²) in [5, 5.41) is 2.37. The van der Waals surface area contributed by atoms with Gasteiger partial charge in [0.2, 0.25) is 0 Å². The summed E-state index contributed by atoms with van der Waals surface area (Å²) in [7, 11) is 0. The molecule has 0 aromatic heterocycles. The Morgan fingerprint density at radius 2 is 1.46 bits per heavy atom. The molecule has 0 saturated carbocycles. The minimum Gasteiger partial charge on any atom is -0.323 e. The van der Waals surface area contributed by atoms with Crippen LogP contribution in [-0.2, 0) is 4.79 Å². The molecule has 0 radical (unpaired) electrons. The number of hydrogen-bond donors (Lipinski definition) is 1. The van der Waals surface area contributed by atoms with Crippen LogP contribution in [-0.4, -0.2) is 48.4 Å². The molecule has 1 N–H and O–H groups in total. The number of carbonyl (C=O) groups is 1. The van der Waals surface area contributed by atoms with E-state index in [1.807, 2.05) is 0 Å². The Morgan fingerprint density at radius 1 is 0.875 bits per heavy atom. The van der Waals surface area contributed by atoms with Crippen LogP contribution in [0.15, 0.2) is 11.3 Å². The molecule has 4 nitrogen and oxygen atoms in total. The van der Waals surface area contributed by atoms with Crippen molar-refractivity contribution in [2.75, 3.05) is 32.7 Å². The second kappa shape index (κ2) is 8.01. The van der Waals surface area contributed by atoms with Gasteiger partial charge in [-0.2, -0.15) is 0 Å². The molecule has 136 valence electrons. The highest BCUT2D eigenvalue weighted by Gasteiger charge is 2.34. The quantitative estimate of drug-likeness (QED) is 0.854. The van der Waals surface area contributed by atoms with Crippen molar-refractivity contribution in [3.8, 4) is 0 Å². The van der Waals surface area contributed by atoms with Gasteiger partial charge in [0.05, 0.1) is 0 Å². The highest BCUT2D eigenvalue weighted by molar-refractivity contribution is 5.97. The summed E-state index contributed by atoms with van der Waals surface area (Å²) in [6, 6.07) is 0. The third-order valence-corrected chi connectivity index (χ3v) is 5.72. The van der Waals surface area contributed by atoms with E-state index in [1.54, 1.807) is 0 Å². The van der Waals surface area contributed by atoms with Gasteiger partial charge in [0, 0.05) is 37.3 Å². The van der Waals surface area contributed by atoms with Gasteiger partial charge in [-0.3, -0.25) is 9.69 Å². The van der Waals surface area contributed by atoms with E-state index in [-0.39, 0.29) is 5.41 Å². The summed E-state index contributed by atoms with van der Waals surface area (Å²) in [5.74, 6) is 0.370. The van der Waals surface area contributed by atoms with E-state index in [2.05, 4.69) is 29.2 Å². The number of ketones is 1. The van der Waals surface area contributed by atoms with Gasteiger partial charge in [0.15, 0.2) is 5.78 Å². The van der Waals surface area contributed by atoms with Gasteiger partial charge in [0.25, 0.3) is 0 Å². The first-order valence-electron chi connectivity index (χ1n) is 10.0. The zero-order valence-corrected chi connectivity index (χ0v) is 15.7. The summed E-state index contributed by atoms with van der Waals surface area (Å²) in [5.41, 5.74) is 6.05. The maximum absolute atomic E-state index is 12.9. The predicted octanol–water partition coefficient (Wildman–Crippen LogP) is 3.50. The van der Waals surface area contributed by atoms with E-state index in [1.165, 1.54) is 50.6 Å². The Morgan fingerprint density at radius 3 is 2.12 bits per heavy atom. The van der Waals surface area contributed by atoms with Crippen LogP contribution >= 0.6 is 0 Å². The minimum absolute atomic E-state index is 0.0800. The number of Topliss-reactive ketones (excluding diaryl/α,β-unsaturated/α-hetero) is 1. The maximum Gasteiger partial charge on any atom is 0.162 e. The lowest BCUT2D eigenvalue weighted by Crippen LogP contribution is -2.44. The fourth-order valence-electron chi connectivity index (χ4n) is 4.36. The average Bonchev–Trinajstić information content (AvgIpc) is 2.80. The summed E-state index contributed by atoms with van der Waals surface area (Å²) >= 11 is 0. The van der Waals surface area contributed by atoms with Crippen LogP contribution in [0.25, 0.3) is 0 Å². The van der Waals surface area contributed by atoms with Crippen molar-refractivity contribution >= 4 is 5.78 Å². The van der Waals surface area contributed by atoms with Crippen LogP contribution in [0.2, 0.25) is 0 Å². The highest BCUT2D eigenvalue weighted by Crippen LogP contribution is 2.36. The Hall–Kier alpha value is -0.870. The summed E-state index contributed by atoms with van der Waals surface area (Å²) < 4.78 is 0. The molecule has 0 atom stereocenters. The van der Waals surface area contributed by atoms with Gasteiger partial charge < -0.3 is 5.43 Å². The number of nitrogens with zero attached hydrogens (tertiary/aromatic N) is 2. The normalized spacial score (nSPS) is 27.2. The van der Waals surface area contributed by atoms with Crippen LogP contribution < -0.4 is 5.43 Å². The van der Waals surface area contributed by atoms with Crippen molar-refractivity contribution in [3.63, 3.8) is 0 Å². The fraction of sp³-hybridized carbons (Fsp3) is 0.850. The van der Waals surface area contributed by atoms with Crippen LogP contribution in [0.3, 0.4) is 0 Å². The number of nitrogens with one attached hydrogen (secondary N) is 1. The molecule has 2 aliphatic heterocycles. The third-order valence-electron chi connectivity index (χ3n) is 5.72. The van der Waals surface area contributed by atoms with Crippen LogP contribution in [0, 0.1) is 5.41 Å². The lowest BCUT2D eigenvalue weighted by atomic mass is 9.75. The first-order valence-corrected chi connectivity index (χ1v) is 10.0. The van der Waals surface area contributed by atoms with E-state index in [0.717, 1.165) is 44.7 Å². The molecule has 24 heavy (non-hydrogen) atoms. The minimum atomic E-state index is 0.0800. The van der Waals surface area contributed by atoms with Crippen molar-refractivity contribution in [2.24, 2.45) is 5.41 Å². The lowest BCUT2D eigenvalue weighted by Gasteiger charge is -2.37. The van der Waals surface area contributed by atoms with Gasteiger partial charge in [0.1, 0.15) is 0 Å². The van der Waals surface area contributed by atoms with E-state index >= 15 is 0 Å². The number of hydrogen-bond acceptors (Lipinski definition) is 4. The molecule has 0 unspecified atom stereocenters. The topological polar surface area (TPSA) is 35.6 Å². The fourth-order valence-corrected chi connectivity index (χ4v) is 4.36. The third kappa shape index (κ3) is 4.82. The smallest absolute Gasteiger partial charge is 0.162 e. The molecule has 0 aromatic carbocycles. The van der Waals surface area contributed by atoms with E-state index < -0.39 is 0 Å². The largest absolute Gasteiger partial charge is 0.323 e. The molecule has 0 aromatic rings. The molecular weight excluding hydrogens is 298 g/mol. The zero-order chi connectivity index (χ0) is 17.0. The molecule has 0 bridgehead atoms. The van der Waals surface area contributed by atoms with Crippen molar-refractivity contribution in [2.45, 2.75) is 71.6 Å². The lowest BCUT2D eigenvalue weighted by molar-refractivity contribution is -0.118. The van der Waals surface area contributed by atoms with Gasteiger partial charge in [-0.25, -0.2) is 5.01 Å². The Balaban J connectivity index is 1.75. The molecule has 2 heterocycles. The summed E-state index contributed by atoms with van der Waals surface area (Å²) in [6.45, 7) is 9.82. The first kappa shape index (κ1) is 17.9. The van der Waals surface area contributed by atoms with Gasteiger partial charge in [-0.05, 0) is 50.6 Å². The van der Waals surface area contributed by atoms with Crippen molar-refractivity contribution < 1.29 is 4.79 Å². The number of allylic oxidation sites excluding steroid dienone is 1. The molecule has 0 amide bonds. The predicted molar refractivity (Wildman–Crippen MR) is 98.5 cm³/mol. The molecule has 4 heteroatoms. The molecular formula is C20H35N3O. The average molecular weight is 334 g/mol. The molecule has 2 fully saturated rings. The van der Waals surface area contributed by atoms with E-state index in [9.17, 15) is 4.79 Å². The van der Waals surface area contributed by atoms with E-state index in [0.29, 0.717) is 12.2 Å². The monoisotopic (exact) mass is 333 g/mol. The number of likely N-dealkylation sites (tertiary alicyclic amines) is 1. The molecule has 1 aliphatic carbocycles. The number of piperidine rings is 1. The Bertz CT molecular complexity index is 469. The zero-order valence-electron chi connectivity index (χ0n) is 15.7. The summed E-state index contributed by atoms with van der Waals surface area (Å²) in [6.07, 6.45) is 10.8. The number of hydrazine groups is 1. The summed E-state index contributed by atoms with van der Waals surface area (Å²) in [4.78, 5) is 15.3. The van der Waals surface area contributed by atoms with Crippen LogP contribution in [0.5, 0.6) is 0 Å². The molecule has 3 aliphatic rings. The molecule has 0 spiro atoms. The van der Waals surface area contributed by atoms with Gasteiger partial charge in [-0.1, -0.05) is 33.1 Å². The van der Waals surface area contributed by atoms with E-state index in [4.69, 9.17) is 0 Å². The second-order valence-corrected chi connectivity index (χ2v) is 8.75.